The maximum atomic E-state index is 12.8. The molecule has 0 saturated carbocycles. The Morgan fingerprint density at radius 3 is 2.52 bits per heavy atom. The molecule has 1 aromatic carbocycles. The van der Waals surface area contributed by atoms with Crippen LogP contribution in [0.4, 0.5) is 0 Å². The van der Waals surface area contributed by atoms with E-state index in [0.29, 0.717) is 37.8 Å². The molecule has 2 rings (SSSR count). The normalized spacial score (nSPS) is 18.7. The highest BCUT2D eigenvalue weighted by Crippen LogP contribution is 2.27. The smallest absolute Gasteiger partial charge is 0.243 e. The van der Waals surface area contributed by atoms with Crippen molar-refractivity contribution in [1.29, 1.82) is 0 Å². The summed E-state index contributed by atoms with van der Waals surface area (Å²) in [5.41, 5.74) is 0.462. The van der Waals surface area contributed by atoms with E-state index >= 15 is 0 Å². The maximum absolute atomic E-state index is 12.8. The molecule has 0 spiro atoms. The second-order valence-electron chi connectivity index (χ2n) is 5.65. The third-order valence-electron chi connectivity index (χ3n) is 4.04. The summed E-state index contributed by atoms with van der Waals surface area (Å²) in [5.74, 6) is -0.182. The first-order chi connectivity index (χ1) is 10.9. The molecule has 6 heteroatoms. The van der Waals surface area contributed by atoms with Gasteiger partial charge >= 0.3 is 0 Å². The van der Waals surface area contributed by atoms with Crippen LogP contribution >= 0.6 is 0 Å². The van der Waals surface area contributed by atoms with E-state index in [9.17, 15) is 18.0 Å². The molecule has 0 aliphatic carbocycles. The summed E-state index contributed by atoms with van der Waals surface area (Å²) in [7, 11) is -3.73. The van der Waals surface area contributed by atoms with Gasteiger partial charge in [0.2, 0.25) is 10.0 Å². The molecule has 0 aromatic heterocycles. The number of sulfonamides is 1. The van der Waals surface area contributed by atoms with Crippen molar-refractivity contribution in [1.82, 2.24) is 4.31 Å². The predicted molar refractivity (Wildman–Crippen MR) is 87.8 cm³/mol. The van der Waals surface area contributed by atoms with Gasteiger partial charge in [-0.25, -0.2) is 8.42 Å². The first-order valence-electron chi connectivity index (χ1n) is 7.64. The molecule has 0 N–H and O–H groups in total. The van der Waals surface area contributed by atoms with E-state index in [1.807, 2.05) is 0 Å². The van der Waals surface area contributed by atoms with E-state index in [2.05, 4.69) is 6.58 Å². The number of hydrogen-bond donors (Lipinski definition) is 0. The van der Waals surface area contributed by atoms with Gasteiger partial charge < -0.3 is 0 Å². The van der Waals surface area contributed by atoms with Gasteiger partial charge in [0.25, 0.3) is 0 Å². The summed E-state index contributed by atoms with van der Waals surface area (Å²) in [5, 5.41) is 0. The van der Waals surface area contributed by atoms with E-state index in [-0.39, 0.29) is 16.5 Å². The van der Waals surface area contributed by atoms with Crippen molar-refractivity contribution < 1.29 is 18.0 Å². The molecule has 1 atom stereocenters. The fourth-order valence-electron chi connectivity index (χ4n) is 2.76. The number of nitrogens with zero attached hydrogens (tertiary/aromatic N) is 1. The van der Waals surface area contributed by atoms with Crippen LogP contribution in [0, 0.1) is 0 Å². The van der Waals surface area contributed by atoms with Crippen LogP contribution in [0.25, 0.3) is 0 Å². The third-order valence-corrected chi connectivity index (χ3v) is 5.96. The van der Waals surface area contributed by atoms with E-state index in [1.165, 1.54) is 35.5 Å². The monoisotopic (exact) mass is 335 g/mol. The third kappa shape index (κ3) is 3.76. The lowest BCUT2D eigenvalue weighted by atomic mass is 10.1. The molecule has 1 fully saturated rings. The van der Waals surface area contributed by atoms with Gasteiger partial charge in [-0.2, -0.15) is 4.31 Å². The zero-order chi connectivity index (χ0) is 17.0. The van der Waals surface area contributed by atoms with E-state index < -0.39 is 16.1 Å². The van der Waals surface area contributed by atoms with Crippen LogP contribution in [0.15, 0.2) is 41.8 Å². The number of rotatable bonds is 7. The average molecular weight is 335 g/mol. The van der Waals surface area contributed by atoms with Crippen LogP contribution in [-0.4, -0.2) is 36.9 Å². The highest BCUT2D eigenvalue weighted by Gasteiger charge is 2.38. The van der Waals surface area contributed by atoms with E-state index in [4.69, 9.17) is 0 Å². The minimum absolute atomic E-state index is 0.0636. The molecule has 1 aliphatic heterocycles. The van der Waals surface area contributed by atoms with Crippen molar-refractivity contribution in [2.24, 2.45) is 0 Å². The van der Waals surface area contributed by atoms with Gasteiger partial charge in [0.15, 0.2) is 11.6 Å². The van der Waals surface area contributed by atoms with Crippen LogP contribution in [0.3, 0.4) is 0 Å². The Kier molecular flexibility index (Phi) is 5.49. The Morgan fingerprint density at radius 1 is 1.30 bits per heavy atom. The summed E-state index contributed by atoms with van der Waals surface area (Å²) in [6.07, 6.45) is 3.75. The van der Waals surface area contributed by atoms with Crippen LogP contribution in [0.1, 0.15) is 43.0 Å². The van der Waals surface area contributed by atoms with Crippen molar-refractivity contribution in [3.05, 3.63) is 42.5 Å². The lowest BCUT2D eigenvalue weighted by molar-refractivity contribution is -0.122. The van der Waals surface area contributed by atoms with Crippen LogP contribution < -0.4 is 0 Å². The van der Waals surface area contributed by atoms with Crippen molar-refractivity contribution in [2.45, 2.75) is 43.5 Å². The van der Waals surface area contributed by atoms with Gasteiger partial charge in [0.05, 0.1) is 10.9 Å². The Morgan fingerprint density at radius 2 is 1.96 bits per heavy atom. The van der Waals surface area contributed by atoms with Crippen LogP contribution in [-0.2, 0) is 14.8 Å². The van der Waals surface area contributed by atoms with Crippen molar-refractivity contribution >= 4 is 21.6 Å². The number of carbonyl (C=O) groups is 2. The molecule has 5 nitrogen and oxygen atoms in total. The molecule has 0 bridgehead atoms. The Hall–Kier alpha value is -1.79. The Balaban J connectivity index is 2.25. The lowest BCUT2D eigenvalue weighted by Gasteiger charge is -2.23. The number of ketones is 2. The SMILES string of the molecule is C=CCCC(=O)C1CCCN1S(=O)(=O)c1ccc(C(C)=O)cc1. The fourth-order valence-corrected chi connectivity index (χ4v) is 4.44. The minimum atomic E-state index is -3.73. The van der Waals surface area contributed by atoms with Crippen molar-refractivity contribution in [2.75, 3.05) is 6.54 Å². The average Bonchev–Trinajstić information content (AvgIpc) is 3.03. The van der Waals surface area contributed by atoms with Crippen LogP contribution in [0.5, 0.6) is 0 Å². The van der Waals surface area contributed by atoms with E-state index in [0.717, 1.165) is 0 Å². The summed E-state index contributed by atoms with van der Waals surface area (Å²) in [6, 6.07) is 5.26. The topological polar surface area (TPSA) is 71.5 Å². The molecule has 1 heterocycles. The number of benzene rings is 1. The zero-order valence-corrected chi connectivity index (χ0v) is 14.0. The number of Topliss-reactive ketones (excluding diaryl/α,β-unsaturated/α-hetero) is 2. The molecule has 23 heavy (non-hydrogen) atoms. The van der Waals surface area contributed by atoms with Gasteiger partial charge in [-0.05, 0) is 38.3 Å². The minimum Gasteiger partial charge on any atom is -0.298 e. The zero-order valence-electron chi connectivity index (χ0n) is 13.2. The Bertz CT molecular complexity index is 707. The predicted octanol–water partition coefficient (Wildman–Crippen LogP) is 2.58. The van der Waals surface area contributed by atoms with Crippen LogP contribution in [0.2, 0.25) is 0 Å². The quantitative estimate of drug-likeness (QED) is 0.567. The lowest BCUT2D eigenvalue weighted by Crippen LogP contribution is -2.40. The van der Waals surface area contributed by atoms with Crippen molar-refractivity contribution in [3.8, 4) is 0 Å². The van der Waals surface area contributed by atoms with Gasteiger partial charge in [-0.15, -0.1) is 6.58 Å². The molecule has 0 radical (unpaired) electrons. The summed E-state index contributed by atoms with van der Waals surface area (Å²) in [4.78, 5) is 23.6. The molecular weight excluding hydrogens is 314 g/mol. The number of hydrogen-bond acceptors (Lipinski definition) is 4. The first kappa shape index (κ1) is 17.6. The molecule has 1 aliphatic rings. The standard InChI is InChI=1S/C17H21NO4S/c1-3-4-7-17(20)16-6-5-12-18(16)23(21,22)15-10-8-14(9-11-15)13(2)19/h3,8-11,16H,1,4-7,12H2,2H3. The highest BCUT2D eigenvalue weighted by atomic mass is 32.2. The largest absolute Gasteiger partial charge is 0.298 e. The van der Waals surface area contributed by atoms with Gasteiger partial charge in [-0.1, -0.05) is 18.2 Å². The first-order valence-corrected chi connectivity index (χ1v) is 9.08. The van der Waals surface area contributed by atoms with Crippen molar-refractivity contribution in [3.63, 3.8) is 0 Å². The Labute approximate surface area is 137 Å². The summed E-state index contributed by atoms with van der Waals surface area (Å²) >= 11 is 0. The molecule has 124 valence electrons. The molecule has 1 aromatic rings. The molecule has 1 saturated heterocycles. The van der Waals surface area contributed by atoms with Gasteiger partial charge in [0, 0.05) is 18.5 Å². The highest BCUT2D eigenvalue weighted by molar-refractivity contribution is 7.89. The number of carbonyl (C=O) groups excluding carboxylic acids is 2. The molecular formula is C17H21NO4S. The van der Waals surface area contributed by atoms with Gasteiger partial charge in [-0.3, -0.25) is 9.59 Å². The summed E-state index contributed by atoms with van der Waals surface area (Å²) in [6.45, 7) is 5.36. The van der Waals surface area contributed by atoms with E-state index in [1.54, 1.807) is 6.08 Å². The second-order valence-corrected chi connectivity index (χ2v) is 7.54. The second kappa shape index (κ2) is 7.19. The fraction of sp³-hybridized carbons (Fsp3) is 0.412. The number of allylic oxidation sites excluding steroid dienone is 1. The molecule has 0 amide bonds. The van der Waals surface area contributed by atoms with Gasteiger partial charge in [0.1, 0.15) is 0 Å². The molecule has 1 unspecified atom stereocenters. The maximum Gasteiger partial charge on any atom is 0.243 e. The summed E-state index contributed by atoms with van der Waals surface area (Å²) < 4.78 is 26.8.